The Kier molecular flexibility index (Phi) is 7.59. The van der Waals surface area contributed by atoms with Gasteiger partial charge in [-0.3, -0.25) is 9.69 Å². The average molecular weight is 634 g/mol. The Morgan fingerprint density at radius 2 is 1.84 bits per heavy atom. The van der Waals surface area contributed by atoms with Gasteiger partial charge in [0.2, 0.25) is 0 Å². The number of aromatic hydroxyl groups is 1. The molecule has 0 saturated heterocycles. The number of ether oxygens (including phenoxy) is 1. The maximum atomic E-state index is 16.3. The number of aromatic nitrogens is 1. The molecule has 2 N–H and O–H groups in total. The van der Waals surface area contributed by atoms with Gasteiger partial charge < -0.3 is 15.2 Å². The zero-order chi connectivity index (χ0) is 31.2. The number of pyridine rings is 1. The van der Waals surface area contributed by atoms with Crippen molar-refractivity contribution >= 4 is 38.7 Å². The van der Waals surface area contributed by atoms with Crippen LogP contribution >= 0.6 is 11.6 Å². The maximum absolute atomic E-state index is 16.3. The van der Waals surface area contributed by atoms with E-state index in [1.54, 1.807) is 18.2 Å². The minimum Gasteiger partial charge on any atom is -0.506 e. The van der Waals surface area contributed by atoms with Crippen LogP contribution in [0.3, 0.4) is 0 Å². The summed E-state index contributed by atoms with van der Waals surface area (Å²) in [5.74, 6) is -1.71. The molecule has 0 bridgehead atoms. The number of phenols is 1. The average Bonchev–Trinajstić information content (AvgIpc) is 3.11. The van der Waals surface area contributed by atoms with Gasteiger partial charge in [0.15, 0.2) is 9.84 Å². The van der Waals surface area contributed by atoms with E-state index in [2.05, 4.69) is 10.3 Å². The number of anilines is 2. The molecule has 0 radical (unpaired) electrons. The highest BCUT2D eigenvalue weighted by molar-refractivity contribution is 7.95. The summed E-state index contributed by atoms with van der Waals surface area (Å²) in [5, 5.41) is 14.1. The highest BCUT2D eigenvalue weighted by atomic mass is 35.5. The van der Waals surface area contributed by atoms with Crippen molar-refractivity contribution in [3.8, 4) is 11.5 Å². The van der Waals surface area contributed by atoms with E-state index in [0.717, 1.165) is 5.56 Å². The summed E-state index contributed by atoms with van der Waals surface area (Å²) in [5.41, 5.74) is 0.592. The molecular formula is C33H29ClFN3O5S. The summed E-state index contributed by atoms with van der Waals surface area (Å²) in [4.78, 5) is 19.5. The number of para-hydroxylation sites is 1. The normalized spacial score (nSPS) is 18.5. The fraction of sp³-hybridized carbons (Fsp3) is 0.212. The number of amides is 1. The number of carbonyl (C=O) groups excluding carboxylic acids is 1. The van der Waals surface area contributed by atoms with Crippen LogP contribution in [0.25, 0.3) is 0 Å². The monoisotopic (exact) mass is 633 g/mol. The molecule has 8 nitrogen and oxygen atoms in total. The van der Waals surface area contributed by atoms with Gasteiger partial charge in [0, 0.05) is 17.3 Å². The molecule has 1 unspecified atom stereocenters. The lowest BCUT2D eigenvalue weighted by Crippen LogP contribution is -2.41. The fourth-order valence-electron chi connectivity index (χ4n) is 5.82. The second kappa shape index (κ2) is 11.3. The van der Waals surface area contributed by atoms with E-state index in [9.17, 15) is 18.3 Å². The Morgan fingerprint density at radius 1 is 1.09 bits per heavy atom. The molecule has 0 saturated carbocycles. The third kappa shape index (κ3) is 5.62. The number of sulfone groups is 1. The van der Waals surface area contributed by atoms with E-state index in [-0.39, 0.29) is 68.7 Å². The van der Waals surface area contributed by atoms with Crippen molar-refractivity contribution in [3.05, 3.63) is 123 Å². The first kappa shape index (κ1) is 29.7. The summed E-state index contributed by atoms with van der Waals surface area (Å²) in [6, 6.07) is 21.1. The van der Waals surface area contributed by atoms with Crippen LogP contribution in [0.15, 0.2) is 95.5 Å². The standard InChI is InChI=1S/C33H29ClFN3O5S/c1-33(2)17-25-31(44(41,42)19-33)30(22-15-14-21(16-23(22)35)43-18-20-8-4-3-5-9-20)38(26-11-7-12-27(39)29(26)37-25)32(40)24-10-6-13-28(34)36-24/h3-16,30,37,39H,17-19H2,1-2H3. The molecule has 2 aliphatic rings. The molecule has 44 heavy (non-hydrogen) atoms. The number of carbonyl (C=O) groups is 1. The molecule has 1 atom stereocenters. The summed E-state index contributed by atoms with van der Waals surface area (Å²) >= 11 is 6.13. The number of nitrogens with one attached hydrogen (secondary N) is 1. The van der Waals surface area contributed by atoms with E-state index >= 15 is 4.39 Å². The number of allylic oxidation sites excluding steroid dienone is 1. The number of fused-ring (bicyclic) bond motifs is 1. The summed E-state index contributed by atoms with van der Waals surface area (Å²) < 4.78 is 50.3. The van der Waals surface area contributed by atoms with E-state index in [1.165, 1.54) is 41.3 Å². The predicted molar refractivity (Wildman–Crippen MR) is 167 cm³/mol. The lowest BCUT2D eigenvalue weighted by Gasteiger charge is -2.37. The van der Waals surface area contributed by atoms with Gasteiger partial charge in [0.25, 0.3) is 5.91 Å². The Morgan fingerprint density at radius 3 is 2.57 bits per heavy atom. The number of hydrogen-bond acceptors (Lipinski definition) is 7. The van der Waals surface area contributed by atoms with Crippen molar-refractivity contribution in [3.63, 3.8) is 0 Å². The number of nitrogens with zero attached hydrogens (tertiary/aromatic N) is 2. The Balaban J connectivity index is 1.56. The molecule has 226 valence electrons. The van der Waals surface area contributed by atoms with Crippen LogP contribution in [-0.4, -0.2) is 30.2 Å². The minimum atomic E-state index is -4.08. The maximum Gasteiger partial charge on any atom is 0.277 e. The van der Waals surface area contributed by atoms with Crippen molar-refractivity contribution < 1.29 is 27.4 Å². The van der Waals surface area contributed by atoms with Crippen LogP contribution in [-0.2, 0) is 16.4 Å². The summed E-state index contributed by atoms with van der Waals surface area (Å²) in [7, 11) is -4.08. The third-order valence-corrected chi connectivity index (χ3v) is 10.1. The van der Waals surface area contributed by atoms with Gasteiger partial charge in [-0.05, 0) is 53.8 Å². The first-order valence-corrected chi connectivity index (χ1v) is 15.9. The Hall–Kier alpha value is -4.41. The molecule has 2 aliphatic heterocycles. The van der Waals surface area contributed by atoms with Crippen LogP contribution < -0.4 is 15.0 Å². The Labute approximate surface area is 259 Å². The van der Waals surface area contributed by atoms with Crippen molar-refractivity contribution in [2.45, 2.75) is 32.9 Å². The number of benzene rings is 3. The molecule has 11 heteroatoms. The zero-order valence-electron chi connectivity index (χ0n) is 23.9. The summed E-state index contributed by atoms with van der Waals surface area (Å²) in [6.07, 6.45) is 0.267. The highest BCUT2D eigenvalue weighted by Crippen LogP contribution is 2.52. The second-order valence-electron chi connectivity index (χ2n) is 11.6. The molecule has 1 amide bonds. The zero-order valence-corrected chi connectivity index (χ0v) is 25.5. The van der Waals surface area contributed by atoms with Gasteiger partial charge in [0.05, 0.1) is 16.3 Å². The summed E-state index contributed by atoms with van der Waals surface area (Å²) in [6.45, 7) is 3.84. The quantitative estimate of drug-likeness (QED) is 0.179. The van der Waals surface area contributed by atoms with E-state index in [1.807, 2.05) is 44.2 Å². The molecule has 3 aromatic carbocycles. The van der Waals surface area contributed by atoms with Crippen LogP contribution in [0, 0.1) is 11.2 Å². The van der Waals surface area contributed by atoms with Gasteiger partial charge in [-0.1, -0.05) is 67.9 Å². The largest absolute Gasteiger partial charge is 0.506 e. The van der Waals surface area contributed by atoms with Gasteiger partial charge in [-0.2, -0.15) is 0 Å². The van der Waals surface area contributed by atoms with Crippen molar-refractivity contribution in [1.82, 2.24) is 4.98 Å². The molecule has 4 aromatic rings. The van der Waals surface area contributed by atoms with Crippen LogP contribution in [0.2, 0.25) is 5.15 Å². The highest BCUT2D eigenvalue weighted by Gasteiger charge is 2.48. The number of rotatable bonds is 5. The lowest BCUT2D eigenvalue weighted by atomic mass is 9.88. The second-order valence-corrected chi connectivity index (χ2v) is 14.0. The molecule has 6 rings (SSSR count). The fourth-order valence-corrected chi connectivity index (χ4v) is 8.34. The van der Waals surface area contributed by atoms with Gasteiger partial charge in [-0.25, -0.2) is 17.8 Å². The predicted octanol–water partition coefficient (Wildman–Crippen LogP) is 7.03. The number of halogens is 2. The first-order valence-electron chi connectivity index (χ1n) is 13.9. The molecular weight excluding hydrogens is 605 g/mol. The topological polar surface area (TPSA) is 109 Å². The van der Waals surface area contributed by atoms with E-state index in [4.69, 9.17) is 16.3 Å². The van der Waals surface area contributed by atoms with Crippen molar-refractivity contribution in [1.29, 1.82) is 0 Å². The van der Waals surface area contributed by atoms with Crippen LogP contribution in [0.5, 0.6) is 11.5 Å². The molecule has 0 aliphatic carbocycles. The van der Waals surface area contributed by atoms with Crippen LogP contribution in [0.1, 0.15) is 47.9 Å². The first-order chi connectivity index (χ1) is 20.9. The number of hydrogen-bond donors (Lipinski definition) is 2. The SMILES string of the molecule is CC1(C)CC2=C(C(c3ccc(OCc4ccccc4)cc3F)N(C(=O)c3cccc(Cl)n3)c3cccc(O)c3N2)S(=O)(=O)C1. The van der Waals surface area contributed by atoms with Crippen molar-refractivity contribution in [2.24, 2.45) is 5.41 Å². The van der Waals surface area contributed by atoms with Crippen LogP contribution in [0.4, 0.5) is 15.8 Å². The van der Waals surface area contributed by atoms with E-state index < -0.39 is 33.0 Å². The van der Waals surface area contributed by atoms with Gasteiger partial charge >= 0.3 is 0 Å². The molecule has 1 aromatic heterocycles. The van der Waals surface area contributed by atoms with Gasteiger partial charge in [-0.15, -0.1) is 0 Å². The van der Waals surface area contributed by atoms with E-state index in [0.29, 0.717) is 0 Å². The van der Waals surface area contributed by atoms with Gasteiger partial charge in [0.1, 0.15) is 46.5 Å². The minimum absolute atomic E-state index is 0.0505. The molecule has 0 spiro atoms. The third-order valence-electron chi connectivity index (χ3n) is 7.60. The Bertz CT molecular complexity index is 1910. The lowest BCUT2D eigenvalue weighted by molar-refractivity contribution is 0.0975. The number of phenolic OH excluding ortho intramolecular Hbond substituents is 1. The smallest absolute Gasteiger partial charge is 0.277 e. The van der Waals surface area contributed by atoms with Crippen molar-refractivity contribution in [2.75, 3.05) is 16.0 Å². The molecule has 0 fully saturated rings. The molecule has 3 heterocycles.